The molecular weight excluding hydrogens is 218 g/mol. The van der Waals surface area contributed by atoms with E-state index >= 15 is 0 Å². The van der Waals surface area contributed by atoms with Gasteiger partial charge in [-0.2, -0.15) is 0 Å². The molecule has 1 aliphatic rings. The van der Waals surface area contributed by atoms with Crippen LogP contribution in [0.15, 0.2) is 23.1 Å². The zero-order valence-electron chi connectivity index (χ0n) is 9.74. The molecule has 88 valence electrons. The molecule has 3 heteroatoms. The van der Waals surface area contributed by atoms with Crippen LogP contribution < -0.4 is 5.73 Å². The first kappa shape index (κ1) is 11.8. The lowest BCUT2D eigenvalue weighted by molar-refractivity contribution is 0.0728. The number of nitrogen functional groups attached to an aromatic ring is 1. The van der Waals surface area contributed by atoms with Gasteiger partial charge in [0.15, 0.2) is 0 Å². The second-order valence-electron chi connectivity index (χ2n) is 4.39. The van der Waals surface area contributed by atoms with E-state index in [-0.39, 0.29) is 0 Å². The van der Waals surface area contributed by atoms with Crippen LogP contribution in [0.25, 0.3) is 0 Å². The maximum Gasteiger partial charge on any atom is 0.0468 e. The normalized spacial score (nSPS) is 17.6. The van der Waals surface area contributed by atoms with Gasteiger partial charge in [0.2, 0.25) is 0 Å². The van der Waals surface area contributed by atoms with Gasteiger partial charge in [-0.15, -0.1) is 11.8 Å². The van der Waals surface area contributed by atoms with Crippen molar-refractivity contribution in [3.8, 4) is 0 Å². The molecule has 1 aliphatic heterocycles. The van der Waals surface area contributed by atoms with E-state index in [1.54, 1.807) is 0 Å². The van der Waals surface area contributed by atoms with Crippen molar-refractivity contribution in [3.63, 3.8) is 0 Å². The molecule has 0 unspecified atom stereocenters. The Balaban J connectivity index is 1.86. The van der Waals surface area contributed by atoms with Crippen LogP contribution in [-0.2, 0) is 4.74 Å². The fourth-order valence-electron chi connectivity index (χ4n) is 1.87. The van der Waals surface area contributed by atoms with Gasteiger partial charge in [-0.05, 0) is 49.4 Å². The standard InChI is InChI=1S/C13H19NOS/c1-10-8-12(2-3-13(10)14)16-9-11-4-6-15-7-5-11/h2-3,8,11H,4-7,9,14H2,1H3. The lowest BCUT2D eigenvalue weighted by Gasteiger charge is -2.21. The lowest BCUT2D eigenvalue weighted by Crippen LogP contribution is -2.17. The van der Waals surface area contributed by atoms with Crippen LogP contribution in [0.5, 0.6) is 0 Å². The predicted molar refractivity (Wildman–Crippen MR) is 69.9 cm³/mol. The summed E-state index contributed by atoms with van der Waals surface area (Å²) >= 11 is 1.94. The summed E-state index contributed by atoms with van der Waals surface area (Å²) in [6, 6.07) is 6.30. The Hall–Kier alpha value is -0.670. The summed E-state index contributed by atoms with van der Waals surface area (Å²) in [6.07, 6.45) is 2.42. The fraction of sp³-hybridized carbons (Fsp3) is 0.538. The second-order valence-corrected chi connectivity index (χ2v) is 5.48. The minimum atomic E-state index is 0.816. The number of ether oxygens (including phenoxy) is 1. The maximum atomic E-state index is 5.80. The molecule has 2 nitrogen and oxygen atoms in total. The van der Waals surface area contributed by atoms with Gasteiger partial charge in [0, 0.05) is 29.5 Å². The molecule has 1 heterocycles. The molecule has 0 saturated carbocycles. The highest BCUT2D eigenvalue weighted by atomic mass is 32.2. The lowest BCUT2D eigenvalue weighted by atomic mass is 10.0. The van der Waals surface area contributed by atoms with Gasteiger partial charge in [0.1, 0.15) is 0 Å². The van der Waals surface area contributed by atoms with Crippen molar-refractivity contribution in [1.82, 2.24) is 0 Å². The van der Waals surface area contributed by atoms with Crippen molar-refractivity contribution in [2.45, 2.75) is 24.7 Å². The summed E-state index contributed by atoms with van der Waals surface area (Å²) in [6.45, 7) is 3.94. The van der Waals surface area contributed by atoms with Crippen molar-refractivity contribution in [1.29, 1.82) is 0 Å². The Morgan fingerprint density at radius 3 is 2.81 bits per heavy atom. The van der Waals surface area contributed by atoms with Gasteiger partial charge in [-0.1, -0.05) is 0 Å². The van der Waals surface area contributed by atoms with Gasteiger partial charge >= 0.3 is 0 Å². The summed E-state index contributed by atoms with van der Waals surface area (Å²) in [5.74, 6) is 2.02. The van der Waals surface area contributed by atoms with E-state index in [9.17, 15) is 0 Å². The Kier molecular flexibility index (Phi) is 4.13. The SMILES string of the molecule is Cc1cc(SCC2CCOCC2)ccc1N. The number of aryl methyl sites for hydroxylation is 1. The molecule has 0 radical (unpaired) electrons. The third-order valence-corrected chi connectivity index (χ3v) is 4.29. The van der Waals surface area contributed by atoms with E-state index in [0.29, 0.717) is 0 Å². The van der Waals surface area contributed by atoms with Crippen LogP contribution in [0.3, 0.4) is 0 Å². The highest BCUT2D eigenvalue weighted by Gasteiger charge is 2.13. The summed E-state index contributed by atoms with van der Waals surface area (Å²) < 4.78 is 5.36. The van der Waals surface area contributed by atoms with Crippen molar-refractivity contribution < 1.29 is 4.74 Å². The van der Waals surface area contributed by atoms with Crippen LogP contribution in [-0.4, -0.2) is 19.0 Å². The smallest absolute Gasteiger partial charge is 0.0468 e. The third-order valence-electron chi connectivity index (χ3n) is 3.07. The molecule has 2 N–H and O–H groups in total. The first-order valence-corrected chi connectivity index (χ1v) is 6.81. The zero-order chi connectivity index (χ0) is 11.4. The van der Waals surface area contributed by atoms with E-state index in [0.717, 1.165) is 24.8 Å². The Labute approximate surface area is 102 Å². The van der Waals surface area contributed by atoms with Crippen molar-refractivity contribution in [3.05, 3.63) is 23.8 Å². The number of anilines is 1. The Morgan fingerprint density at radius 1 is 1.38 bits per heavy atom. The number of rotatable bonds is 3. The van der Waals surface area contributed by atoms with Crippen molar-refractivity contribution in [2.24, 2.45) is 5.92 Å². The number of hydrogen-bond acceptors (Lipinski definition) is 3. The van der Waals surface area contributed by atoms with Gasteiger partial charge in [-0.3, -0.25) is 0 Å². The summed E-state index contributed by atoms with van der Waals surface area (Å²) in [4.78, 5) is 1.33. The maximum absolute atomic E-state index is 5.80. The number of benzene rings is 1. The van der Waals surface area contributed by atoms with Gasteiger partial charge in [0.05, 0.1) is 0 Å². The first-order valence-electron chi connectivity index (χ1n) is 5.82. The molecule has 0 spiro atoms. The Bertz CT molecular complexity index is 348. The molecule has 1 fully saturated rings. The predicted octanol–water partition coefficient (Wildman–Crippen LogP) is 3.10. The van der Waals surface area contributed by atoms with E-state index in [1.807, 2.05) is 17.8 Å². The summed E-state index contributed by atoms with van der Waals surface area (Å²) in [5.41, 5.74) is 7.86. The molecule has 0 bridgehead atoms. The van der Waals surface area contributed by atoms with E-state index < -0.39 is 0 Å². The average Bonchev–Trinajstić information content (AvgIpc) is 2.32. The van der Waals surface area contributed by atoms with Crippen molar-refractivity contribution >= 4 is 17.4 Å². The van der Waals surface area contributed by atoms with Gasteiger partial charge in [0.25, 0.3) is 0 Å². The van der Waals surface area contributed by atoms with Crippen LogP contribution in [0.1, 0.15) is 18.4 Å². The largest absolute Gasteiger partial charge is 0.399 e. The second kappa shape index (κ2) is 5.60. The Morgan fingerprint density at radius 2 is 2.12 bits per heavy atom. The molecule has 1 saturated heterocycles. The monoisotopic (exact) mass is 237 g/mol. The van der Waals surface area contributed by atoms with E-state index in [2.05, 4.69) is 19.1 Å². The number of hydrogen-bond donors (Lipinski definition) is 1. The van der Waals surface area contributed by atoms with Gasteiger partial charge < -0.3 is 10.5 Å². The number of nitrogens with two attached hydrogens (primary N) is 1. The van der Waals surface area contributed by atoms with Crippen LogP contribution >= 0.6 is 11.8 Å². The van der Waals surface area contributed by atoms with Crippen molar-refractivity contribution in [2.75, 3.05) is 24.7 Å². The zero-order valence-corrected chi connectivity index (χ0v) is 10.6. The van der Waals surface area contributed by atoms with E-state index in [4.69, 9.17) is 10.5 Å². The number of thioether (sulfide) groups is 1. The molecular formula is C13H19NOS. The molecule has 0 amide bonds. The topological polar surface area (TPSA) is 35.2 Å². The third kappa shape index (κ3) is 3.16. The summed E-state index contributed by atoms with van der Waals surface area (Å²) in [5, 5.41) is 0. The highest BCUT2D eigenvalue weighted by Crippen LogP contribution is 2.27. The molecule has 2 rings (SSSR count). The molecule has 0 atom stereocenters. The van der Waals surface area contributed by atoms with Crippen LogP contribution in [0.2, 0.25) is 0 Å². The summed E-state index contributed by atoms with van der Waals surface area (Å²) in [7, 11) is 0. The molecule has 1 aromatic rings. The molecule has 16 heavy (non-hydrogen) atoms. The van der Waals surface area contributed by atoms with Crippen LogP contribution in [0, 0.1) is 12.8 Å². The first-order chi connectivity index (χ1) is 7.75. The van der Waals surface area contributed by atoms with E-state index in [1.165, 1.54) is 29.1 Å². The van der Waals surface area contributed by atoms with Crippen LogP contribution in [0.4, 0.5) is 5.69 Å². The quantitative estimate of drug-likeness (QED) is 0.648. The average molecular weight is 237 g/mol. The minimum Gasteiger partial charge on any atom is -0.399 e. The molecule has 1 aromatic carbocycles. The highest BCUT2D eigenvalue weighted by molar-refractivity contribution is 7.99. The molecule has 0 aliphatic carbocycles. The fourth-order valence-corrected chi connectivity index (χ4v) is 3.05. The van der Waals surface area contributed by atoms with Gasteiger partial charge in [-0.25, -0.2) is 0 Å². The minimum absolute atomic E-state index is 0.816. The molecule has 0 aromatic heterocycles.